The van der Waals surface area contributed by atoms with Gasteiger partial charge in [-0.2, -0.15) is 0 Å². The van der Waals surface area contributed by atoms with Crippen molar-refractivity contribution in [2.45, 2.75) is 92.9 Å². The number of aliphatic hydroxyl groups is 1. The van der Waals surface area contributed by atoms with E-state index in [2.05, 4.69) is 34.3 Å². The molecular formula is C30H44O4. The Bertz CT molecular complexity index is 992. The molecule has 4 unspecified atom stereocenters. The van der Waals surface area contributed by atoms with E-state index in [4.69, 9.17) is 0 Å². The fraction of sp³-hybridized carbons (Fsp3) is 0.800. The molecule has 0 amide bonds. The van der Waals surface area contributed by atoms with Crippen LogP contribution in [0.1, 0.15) is 92.9 Å². The SMILES string of the molecule is C=C(C)[C@@H]1CC[C@]2(C(=O)O)CC[C@]3(C)C(CCC4[C@@]5(C)C=C(O)C(=O)C(C)(C)C5CC[C@]43C)C12. The fourth-order valence-electron chi connectivity index (χ4n) is 11.0. The van der Waals surface area contributed by atoms with Gasteiger partial charge in [-0.05, 0) is 110 Å². The van der Waals surface area contributed by atoms with Gasteiger partial charge in [-0.25, -0.2) is 0 Å². The van der Waals surface area contributed by atoms with Crippen LogP contribution in [0.5, 0.6) is 0 Å². The minimum Gasteiger partial charge on any atom is -0.505 e. The molecule has 0 aliphatic heterocycles. The second-order valence-electron chi connectivity index (χ2n) is 14.1. The summed E-state index contributed by atoms with van der Waals surface area (Å²) in [5, 5.41) is 21.2. The lowest BCUT2D eigenvalue weighted by Crippen LogP contribution is -2.66. The summed E-state index contributed by atoms with van der Waals surface area (Å²) in [6, 6.07) is 0. The summed E-state index contributed by atoms with van der Waals surface area (Å²) in [6.07, 6.45) is 9.49. The van der Waals surface area contributed by atoms with Crippen molar-refractivity contribution >= 4 is 11.8 Å². The molecule has 0 saturated heterocycles. The van der Waals surface area contributed by atoms with E-state index in [-0.39, 0.29) is 39.6 Å². The average Bonchev–Trinajstić information content (AvgIpc) is 3.14. The van der Waals surface area contributed by atoms with E-state index in [1.807, 2.05) is 19.9 Å². The van der Waals surface area contributed by atoms with Crippen molar-refractivity contribution in [2.75, 3.05) is 0 Å². The number of Topliss-reactive ketones (excluding diaryl/α,β-unsaturated/α-hetero) is 1. The van der Waals surface area contributed by atoms with Crippen molar-refractivity contribution in [3.63, 3.8) is 0 Å². The summed E-state index contributed by atoms with van der Waals surface area (Å²) in [5.74, 6) is 0.672. The molecule has 188 valence electrons. The molecule has 4 fully saturated rings. The summed E-state index contributed by atoms with van der Waals surface area (Å²) in [6.45, 7) is 17.7. The number of fused-ring (bicyclic) bond motifs is 7. The molecule has 0 aromatic carbocycles. The topological polar surface area (TPSA) is 74.6 Å². The van der Waals surface area contributed by atoms with E-state index in [0.717, 1.165) is 56.9 Å². The number of hydrogen-bond donors (Lipinski definition) is 2. The van der Waals surface area contributed by atoms with Gasteiger partial charge in [0.1, 0.15) is 0 Å². The summed E-state index contributed by atoms with van der Waals surface area (Å²) in [4.78, 5) is 25.7. The number of aliphatic carboxylic acids is 1. The highest BCUT2D eigenvalue weighted by Gasteiger charge is 2.72. The van der Waals surface area contributed by atoms with Crippen LogP contribution in [0.15, 0.2) is 24.0 Å². The minimum atomic E-state index is -0.602. The van der Waals surface area contributed by atoms with Crippen LogP contribution in [-0.4, -0.2) is 22.0 Å². The highest BCUT2D eigenvalue weighted by atomic mass is 16.4. The first kappa shape index (κ1) is 24.1. The van der Waals surface area contributed by atoms with Crippen LogP contribution in [0.3, 0.4) is 0 Å². The van der Waals surface area contributed by atoms with Crippen LogP contribution in [0.25, 0.3) is 0 Å². The van der Waals surface area contributed by atoms with Gasteiger partial charge in [-0.1, -0.05) is 46.8 Å². The molecule has 0 aromatic rings. The Morgan fingerprint density at radius 3 is 2.24 bits per heavy atom. The van der Waals surface area contributed by atoms with Gasteiger partial charge in [0.25, 0.3) is 0 Å². The lowest BCUT2D eigenvalue weighted by molar-refractivity contribution is -0.222. The Labute approximate surface area is 205 Å². The first-order chi connectivity index (χ1) is 15.7. The second-order valence-corrected chi connectivity index (χ2v) is 14.1. The number of carboxylic acids is 1. The van der Waals surface area contributed by atoms with Gasteiger partial charge in [0.2, 0.25) is 5.78 Å². The standard InChI is InChI=1S/C30H44O4/c1-17(2)18-10-13-30(25(33)34)15-14-28(6)19(23(18)30)8-9-22-27(5)16-20(31)24(32)26(3,4)21(27)11-12-29(22,28)7/h16,18-19,21-23,31H,1,8-15H2,2-7H3,(H,33,34)/t18-,19?,21?,22?,23?,27-,28+,29+,30-/m0/s1. The number of aliphatic hydroxyl groups excluding tert-OH is 1. The minimum absolute atomic E-state index is 0.0423. The van der Waals surface area contributed by atoms with Crippen LogP contribution < -0.4 is 0 Å². The number of carboxylic acid groups (broad SMARTS) is 1. The number of carbonyl (C=O) groups is 2. The molecule has 5 rings (SSSR count). The first-order valence-electron chi connectivity index (χ1n) is 13.5. The molecule has 0 spiro atoms. The maximum Gasteiger partial charge on any atom is 0.309 e. The number of hydrogen-bond acceptors (Lipinski definition) is 3. The molecule has 5 aliphatic carbocycles. The zero-order chi connectivity index (χ0) is 25.1. The Morgan fingerprint density at radius 1 is 0.941 bits per heavy atom. The van der Waals surface area contributed by atoms with Crippen LogP contribution in [0.2, 0.25) is 0 Å². The number of rotatable bonds is 2. The molecule has 9 atom stereocenters. The molecule has 4 saturated carbocycles. The van der Waals surface area contributed by atoms with Crippen molar-refractivity contribution in [1.82, 2.24) is 0 Å². The van der Waals surface area contributed by atoms with Crippen molar-refractivity contribution < 1.29 is 19.8 Å². The third kappa shape index (κ3) is 2.61. The molecule has 0 bridgehead atoms. The van der Waals surface area contributed by atoms with Crippen molar-refractivity contribution in [2.24, 2.45) is 56.7 Å². The normalized spacial score (nSPS) is 51.4. The predicted molar refractivity (Wildman–Crippen MR) is 133 cm³/mol. The molecule has 4 heteroatoms. The van der Waals surface area contributed by atoms with Gasteiger partial charge in [0.05, 0.1) is 5.41 Å². The average molecular weight is 469 g/mol. The number of ketones is 1. The molecule has 2 N–H and O–H groups in total. The van der Waals surface area contributed by atoms with Gasteiger partial charge in [0, 0.05) is 5.41 Å². The van der Waals surface area contributed by atoms with Gasteiger partial charge in [0.15, 0.2) is 5.76 Å². The number of allylic oxidation sites excluding steroid dienone is 3. The Hall–Kier alpha value is -1.58. The molecular weight excluding hydrogens is 424 g/mol. The van der Waals surface area contributed by atoms with Crippen molar-refractivity contribution in [3.8, 4) is 0 Å². The largest absolute Gasteiger partial charge is 0.505 e. The highest BCUT2D eigenvalue weighted by Crippen LogP contribution is 2.77. The van der Waals surface area contributed by atoms with Gasteiger partial charge in [-0.15, -0.1) is 0 Å². The predicted octanol–water partition coefficient (Wildman–Crippen LogP) is 6.96. The third-order valence-electron chi connectivity index (χ3n) is 12.8. The van der Waals surface area contributed by atoms with Gasteiger partial charge >= 0.3 is 5.97 Å². The van der Waals surface area contributed by atoms with E-state index in [1.165, 1.54) is 0 Å². The lowest BCUT2D eigenvalue weighted by atomic mass is 9.33. The van der Waals surface area contributed by atoms with E-state index in [1.54, 1.807) is 0 Å². The smallest absolute Gasteiger partial charge is 0.309 e. The molecule has 0 radical (unpaired) electrons. The monoisotopic (exact) mass is 468 g/mol. The summed E-state index contributed by atoms with van der Waals surface area (Å²) < 4.78 is 0. The van der Waals surface area contributed by atoms with Gasteiger partial charge in [-0.3, -0.25) is 9.59 Å². The Balaban J connectivity index is 1.61. The van der Waals surface area contributed by atoms with Crippen LogP contribution in [-0.2, 0) is 9.59 Å². The van der Waals surface area contributed by atoms with E-state index < -0.39 is 16.8 Å². The third-order valence-corrected chi connectivity index (χ3v) is 12.8. The van der Waals surface area contributed by atoms with Crippen molar-refractivity contribution in [1.29, 1.82) is 0 Å². The van der Waals surface area contributed by atoms with Crippen LogP contribution in [0.4, 0.5) is 0 Å². The van der Waals surface area contributed by atoms with E-state index in [9.17, 15) is 19.8 Å². The molecule has 5 aliphatic rings. The summed E-state index contributed by atoms with van der Waals surface area (Å²) in [5.41, 5.74) is -0.153. The summed E-state index contributed by atoms with van der Waals surface area (Å²) in [7, 11) is 0. The lowest BCUT2D eigenvalue weighted by Gasteiger charge is -2.71. The zero-order valence-electron chi connectivity index (χ0n) is 22.0. The van der Waals surface area contributed by atoms with Crippen LogP contribution >= 0.6 is 0 Å². The summed E-state index contributed by atoms with van der Waals surface area (Å²) >= 11 is 0. The first-order valence-corrected chi connectivity index (χ1v) is 13.5. The maximum absolute atomic E-state index is 12.9. The molecule has 0 aromatic heterocycles. The van der Waals surface area contributed by atoms with Gasteiger partial charge < -0.3 is 10.2 Å². The van der Waals surface area contributed by atoms with Crippen molar-refractivity contribution in [3.05, 3.63) is 24.0 Å². The number of carbonyl (C=O) groups excluding carboxylic acids is 1. The Morgan fingerprint density at radius 2 is 1.62 bits per heavy atom. The zero-order valence-corrected chi connectivity index (χ0v) is 22.0. The molecule has 34 heavy (non-hydrogen) atoms. The van der Waals surface area contributed by atoms with E-state index in [0.29, 0.717) is 17.8 Å². The molecule has 0 heterocycles. The maximum atomic E-state index is 12.9. The molecule has 4 nitrogen and oxygen atoms in total. The highest BCUT2D eigenvalue weighted by molar-refractivity contribution is 5.98. The fourth-order valence-corrected chi connectivity index (χ4v) is 11.0. The Kier molecular flexibility index (Phi) is 4.97. The van der Waals surface area contributed by atoms with E-state index >= 15 is 0 Å². The quantitative estimate of drug-likeness (QED) is 0.430. The van der Waals surface area contributed by atoms with Crippen LogP contribution in [0, 0.1) is 56.7 Å². The second kappa shape index (κ2) is 7.01.